The molecule has 0 atom stereocenters. The molecule has 0 fully saturated rings. The molecule has 0 amide bonds. The van der Waals surface area contributed by atoms with Gasteiger partial charge >= 0.3 is 0 Å². The average Bonchev–Trinajstić information content (AvgIpc) is 3.45. The molecule has 2 N–H and O–H groups in total. The highest BCUT2D eigenvalue weighted by atomic mass is 16.3. The van der Waals surface area contributed by atoms with Gasteiger partial charge in [0, 0.05) is 18.6 Å². The lowest BCUT2D eigenvalue weighted by Crippen LogP contribution is -2.28. The van der Waals surface area contributed by atoms with Gasteiger partial charge in [-0.15, -0.1) is 0 Å². The Balaban J connectivity index is 1.05. The van der Waals surface area contributed by atoms with Crippen LogP contribution in [0.4, 0.5) is 0 Å². The lowest BCUT2D eigenvalue weighted by molar-refractivity contribution is 0.213. The molecule has 0 heterocycles. The van der Waals surface area contributed by atoms with Gasteiger partial charge in [-0.25, -0.2) is 0 Å². The van der Waals surface area contributed by atoms with E-state index in [0.29, 0.717) is 12.8 Å². The Bertz CT molecular complexity index is 2360. The molecule has 8 aromatic rings. The molecule has 1 aliphatic rings. The molecule has 0 spiro atoms. The van der Waals surface area contributed by atoms with E-state index in [-0.39, 0.29) is 13.2 Å². The summed E-state index contributed by atoms with van der Waals surface area (Å²) in [5, 5.41) is 25.9. The molecule has 0 aromatic heterocycles. The van der Waals surface area contributed by atoms with Gasteiger partial charge in [-0.1, -0.05) is 146 Å². The number of fused-ring (bicyclic) bond motifs is 5. The summed E-state index contributed by atoms with van der Waals surface area (Å²) < 4.78 is 0. The molecule has 0 radical (unpaired) electrons. The van der Waals surface area contributed by atoms with Crippen molar-refractivity contribution in [3.63, 3.8) is 0 Å². The number of aliphatic hydroxyl groups is 2. The molecule has 0 aliphatic heterocycles. The van der Waals surface area contributed by atoms with Gasteiger partial charge in [0.1, 0.15) is 0 Å². The van der Waals surface area contributed by atoms with Gasteiger partial charge in [-0.05, 0) is 125 Å². The fraction of sp³-hybridized carbons (Fsp3) is 0.102. The van der Waals surface area contributed by atoms with Crippen LogP contribution in [-0.2, 0) is 5.41 Å². The molecular formula is C49H38O2. The number of hydrogen-bond donors (Lipinski definition) is 2. The number of aliphatic hydroxyl groups excluding tert-OH is 2. The summed E-state index contributed by atoms with van der Waals surface area (Å²) in [5.41, 5.74) is 13.6. The van der Waals surface area contributed by atoms with Crippen LogP contribution in [0.1, 0.15) is 24.0 Å². The molecule has 2 heteroatoms. The summed E-state index contributed by atoms with van der Waals surface area (Å²) in [6.07, 6.45) is 1.09. The molecule has 9 rings (SSSR count). The maximum Gasteiger partial charge on any atom is 0.0442 e. The lowest BCUT2D eigenvalue weighted by atomic mass is 9.72. The van der Waals surface area contributed by atoms with Gasteiger partial charge < -0.3 is 10.2 Å². The van der Waals surface area contributed by atoms with Crippen molar-refractivity contribution in [1.29, 1.82) is 0 Å². The van der Waals surface area contributed by atoms with E-state index in [1.54, 1.807) is 0 Å². The molecule has 1 aliphatic carbocycles. The maximum atomic E-state index is 10.5. The van der Waals surface area contributed by atoms with E-state index in [2.05, 4.69) is 170 Å². The van der Waals surface area contributed by atoms with Crippen molar-refractivity contribution in [3.8, 4) is 55.6 Å². The monoisotopic (exact) mass is 658 g/mol. The van der Waals surface area contributed by atoms with E-state index in [0.717, 1.165) is 22.3 Å². The number of benzene rings is 8. The molecule has 0 saturated carbocycles. The second-order valence-corrected chi connectivity index (χ2v) is 13.8. The van der Waals surface area contributed by atoms with Crippen LogP contribution < -0.4 is 0 Å². The topological polar surface area (TPSA) is 40.5 Å². The van der Waals surface area contributed by atoms with E-state index in [1.165, 1.54) is 66.1 Å². The Morgan fingerprint density at radius 2 is 0.627 bits per heavy atom. The molecular weight excluding hydrogens is 621 g/mol. The SMILES string of the molecule is OCCC1(CCO)c2cc(-c3ccc(-c4ccc5ccccc5c4)cc3)ccc2-c2ccc(-c3ccc(-c4ccc5ccccc5c4)cc3)cc21. The van der Waals surface area contributed by atoms with E-state index >= 15 is 0 Å². The zero-order valence-electron chi connectivity index (χ0n) is 28.4. The second kappa shape index (κ2) is 12.8. The summed E-state index contributed by atoms with van der Waals surface area (Å²) >= 11 is 0. The molecule has 2 nitrogen and oxygen atoms in total. The van der Waals surface area contributed by atoms with Crippen molar-refractivity contribution in [2.75, 3.05) is 13.2 Å². The summed E-state index contributed by atoms with van der Waals surface area (Å²) in [4.78, 5) is 0. The Kier molecular flexibility index (Phi) is 7.85. The predicted octanol–water partition coefficient (Wildman–Crippen LogP) is 11.7. The van der Waals surface area contributed by atoms with Crippen LogP contribution in [0, 0.1) is 0 Å². The molecule has 0 saturated heterocycles. The fourth-order valence-corrected chi connectivity index (χ4v) is 8.35. The first-order valence-corrected chi connectivity index (χ1v) is 17.8. The van der Waals surface area contributed by atoms with Crippen LogP contribution in [-0.4, -0.2) is 23.4 Å². The van der Waals surface area contributed by atoms with Gasteiger partial charge in [0.05, 0.1) is 0 Å². The first kappa shape index (κ1) is 31.2. The Morgan fingerprint density at radius 1 is 0.314 bits per heavy atom. The summed E-state index contributed by atoms with van der Waals surface area (Å²) in [7, 11) is 0. The van der Waals surface area contributed by atoms with Gasteiger partial charge in [0.25, 0.3) is 0 Å². The quantitative estimate of drug-likeness (QED) is 0.171. The first-order chi connectivity index (χ1) is 25.1. The van der Waals surface area contributed by atoms with Crippen LogP contribution >= 0.6 is 0 Å². The zero-order valence-corrected chi connectivity index (χ0v) is 28.4. The summed E-state index contributed by atoms with van der Waals surface area (Å²) in [6, 6.07) is 61.3. The Morgan fingerprint density at radius 3 is 1.00 bits per heavy atom. The third-order valence-corrected chi connectivity index (χ3v) is 11.0. The van der Waals surface area contributed by atoms with Crippen molar-refractivity contribution in [2.24, 2.45) is 0 Å². The first-order valence-electron chi connectivity index (χ1n) is 17.8. The minimum Gasteiger partial charge on any atom is -0.396 e. The largest absolute Gasteiger partial charge is 0.396 e. The number of hydrogen-bond acceptors (Lipinski definition) is 2. The third kappa shape index (κ3) is 5.45. The molecule has 51 heavy (non-hydrogen) atoms. The van der Waals surface area contributed by atoms with Crippen molar-refractivity contribution < 1.29 is 10.2 Å². The van der Waals surface area contributed by atoms with Crippen molar-refractivity contribution in [3.05, 3.63) is 181 Å². The van der Waals surface area contributed by atoms with Crippen LogP contribution in [0.2, 0.25) is 0 Å². The van der Waals surface area contributed by atoms with Gasteiger partial charge in [-0.2, -0.15) is 0 Å². The zero-order chi connectivity index (χ0) is 34.4. The predicted molar refractivity (Wildman–Crippen MR) is 213 cm³/mol. The minimum atomic E-state index is -0.490. The molecule has 0 bridgehead atoms. The van der Waals surface area contributed by atoms with E-state index in [4.69, 9.17) is 0 Å². The average molecular weight is 659 g/mol. The van der Waals surface area contributed by atoms with Crippen molar-refractivity contribution in [2.45, 2.75) is 18.3 Å². The highest BCUT2D eigenvalue weighted by Gasteiger charge is 2.42. The third-order valence-electron chi connectivity index (χ3n) is 11.0. The van der Waals surface area contributed by atoms with Crippen LogP contribution in [0.25, 0.3) is 77.2 Å². The van der Waals surface area contributed by atoms with Crippen LogP contribution in [0.3, 0.4) is 0 Å². The van der Waals surface area contributed by atoms with Gasteiger partial charge in [0.2, 0.25) is 0 Å². The minimum absolute atomic E-state index is 0.0360. The Hall–Kier alpha value is -5.80. The second-order valence-electron chi connectivity index (χ2n) is 13.8. The molecule has 0 unspecified atom stereocenters. The number of rotatable bonds is 8. The molecule has 246 valence electrons. The Labute approximate surface area is 298 Å². The van der Waals surface area contributed by atoms with Crippen molar-refractivity contribution in [1.82, 2.24) is 0 Å². The van der Waals surface area contributed by atoms with E-state index in [9.17, 15) is 10.2 Å². The van der Waals surface area contributed by atoms with Crippen molar-refractivity contribution >= 4 is 21.5 Å². The van der Waals surface area contributed by atoms with E-state index < -0.39 is 5.41 Å². The maximum absolute atomic E-state index is 10.5. The normalized spacial score (nSPS) is 13.0. The lowest BCUT2D eigenvalue weighted by Gasteiger charge is -2.31. The standard InChI is InChI=1S/C49H38O2/c50-27-25-49(26-28-51)47-31-43(37-13-9-35(10-14-37)41-19-17-33-5-1-3-7-39(33)29-41)21-23-45(47)46-24-22-44(32-48(46)49)38-15-11-36(12-16-38)42-20-18-34-6-2-4-8-40(34)30-42/h1-24,29-32,50-51H,25-28H2. The smallest absolute Gasteiger partial charge is 0.0442 e. The van der Waals surface area contributed by atoms with Crippen LogP contribution in [0.15, 0.2) is 170 Å². The highest BCUT2D eigenvalue weighted by Crippen LogP contribution is 2.54. The summed E-state index contributed by atoms with van der Waals surface area (Å²) in [6.45, 7) is 0.0719. The van der Waals surface area contributed by atoms with Gasteiger partial charge in [-0.3, -0.25) is 0 Å². The fourth-order valence-electron chi connectivity index (χ4n) is 8.35. The molecule has 8 aromatic carbocycles. The van der Waals surface area contributed by atoms with Crippen LogP contribution in [0.5, 0.6) is 0 Å². The van der Waals surface area contributed by atoms with E-state index in [1.807, 2.05) is 0 Å². The van der Waals surface area contributed by atoms with Gasteiger partial charge in [0.15, 0.2) is 0 Å². The highest BCUT2D eigenvalue weighted by molar-refractivity contribution is 5.90. The summed E-state index contributed by atoms with van der Waals surface area (Å²) in [5.74, 6) is 0.